The molecule has 1 aliphatic heterocycles. The number of carbonyl (C=O) groups is 1. The lowest BCUT2D eigenvalue weighted by Gasteiger charge is -2.51. The second-order valence-electron chi connectivity index (χ2n) is 9.75. The second kappa shape index (κ2) is 9.30. The predicted octanol–water partition coefficient (Wildman–Crippen LogP) is 4.66. The quantitative estimate of drug-likeness (QED) is 0.467. The third-order valence-electron chi connectivity index (χ3n) is 7.40. The highest BCUT2D eigenvalue weighted by molar-refractivity contribution is 5.95. The van der Waals surface area contributed by atoms with E-state index in [1.165, 1.54) is 24.1 Å². The standard InChI is InChI=1S/C27H27F4N3O4/c1-25(28)21-14-23-17(12-22(21)26(25,36)27(29,30)31)6-7-20(38-19-5-3-4-18(13-19)37-2)15-34(23)24(35)8-10-33-11-9-32-16-33/h3-5,9,11-14,16,20,36H,6-8,10,15H2,1-2H3/t20-,25?,26?/m0/s1. The van der Waals surface area contributed by atoms with E-state index in [-0.39, 0.29) is 30.9 Å². The molecular formula is C27H27F4N3O4. The van der Waals surface area contributed by atoms with Crippen molar-refractivity contribution in [1.82, 2.24) is 9.55 Å². The van der Waals surface area contributed by atoms with Crippen LogP contribution in [0, 0.1) is 0 Å². The van der Waals surface area contributed by atoms with Crippen LogP contribution in [0.25, 0.3) is 0 Å². The Labute approximate surface area is 216 Å². The van der Waals surface area contributed by atoms with Crippen LogP contribution in [0.1, 0.15) is 36.5 Å². The highest BCUT2D eigenvalue weighted by atomic mass is 19.4. The predicted molar refractivity (Wildman–Crippen MR) is 130 cm³/mol. The lowest BCUT2D eigenvalue weighted by molar-refractivity contribution is -0.328. The lowest BCUT2D eigenvalue weighted by Crippen LogP contribution is -2.62. The van der Waals surface area contributed by atoms with Gasteiger partial charge >= 0.3 is 6.18 Å². The molecule has 38 heavy (non-hydrogen) atoms. The Bertz CT molecular complexity index is 1340. The molecule has 3 atom stereocenters. The molecule has 0 saturated heterocycles. The van der Waals surface area contributed by atoms with Crippen molar-refractivity contribution in [1.29, 1.82) is 0 Å². The SMILES string of the molecule is COc1cccc(O[C@H]2CCc3cc4c(cc3N(C(=O)CCn3ccnc3)C2)C(C)(F)C4(O)C(F)(F)F)c1. The minimum atomic E-state index is -5.21. The third-order valence-corrected chi connectivity index (χ3v) is 7.40. The molecule has 2 aliphatic rings. The van der Waals surface area contributed by atoms with Gasteiger partial charge in [0.25, 0.3) is 0 Å². The van der Waals surface area contributed by atoms with E-state index in [4.69, 9.17) is 9.47 Å². The number of anilines is 1. The van der Waals surface area contributed by atoms with E-state index >= 15 is 4.39 Å². The van der Waals surface area contributed by atoms with Gasteiger partial charge in [-0.3, -0.25) is 4.79 Å². The molecule has 1 aromatic heterocycles. The molecule has 2 aromatic carbocycles. The van der Waals surface area contributed by atoms with Gasteiger partial charge in [0.15, 0.2) is 5.67 Å². The number of nitrogens with zero attached hydrogens (tertiary/aromatic N) is 3. The van der Waals surface area contributed by atoms with E-state index in [1.54, 1.807) is 47.6 Å². The van der Waals surface area contributed by atoms with Crippen LogP contribution in [-0.4, -0.2) is 46.5 Å². The second-order valence-corrected chi connectivity index (χ2v) is 9.75. The first-order chi connectivity index (χ1) is 18.0. The Balaban J connectivity index is 1.50. The third kappa shape index (κ3) is 4.18. The monoisotopic (exact) mass is 533 g/mol. The fourth-order valence-electron chi connectivity index (χ4n) is 5.26. The molecule has 0 spiro atoms. The van der Waals surface area contributed by atoms with E-state index in [9.17, 15) is 23.1 Å². The Hall–Kier alpha value is -3.60. The lowest BCUT2D eigenvalue weighted by atomic mass is 9.61. The maximum absolute atomic E-state index is 15.4. The Morgan fingerprint density at radius 1 is 1.21 bits per heavy atom. The van der Waals surface area contributed by atoms with E-state index in [1.807, 2.05) is 0 Å². The molecular weight excluding hydrogens is 506 g/mol. The van der Waals surface area contributed by atoms with Crippen molar-refractivity contribution in [3.63, 3.8) is 0 Å². The minimum Gasteiger partial charge on any atom is -0.497 e. The molecule has 11 heteroatoms. The van der Waals surface area contributed by atoms with Gasteiger partial charge in [-0.05, 0) is 49.6 Å². The molecule has 1 amide bonds. The highest BCUT2D eigenvalue weighted by Crippen LogP contribution is 2.63. The largest absolute Gasteiger partial charge is 0.497 e. The van der Waals surface area contributed by atoms with Crippen molar-refractivity contribution in [2.75, 3.05) is 18.6 Å². The zero-order chi connectivity index (χ0) is 27.3. The molecule has 2 heterocycles. The summed E-state index contributed by atoms with van der Waals surface area (Å²) in [5, 5.41) is 10.4. The maximum Gasteiger partial charge on any atom is 0.425 e. The number of ether oxygens (including phenoxy) is 2. The molecule has 0 bridgehead atoms. The first-order valence-electron chi connectivity index (χ1n) is 12.2. The van der Waals surface area contributed by atoms with E-state index in [2.05, 4.69) is 4.98 Å². The van der Waals surface area contributed by atoms with Crippen molar-refractivity contribution >= 4 is 11.6 Å². The highest BCUT2D eigenvalue weighted by Gasteiger charge is 2.74. The molecule has 202 valence electrons. The molecule has 1 N–H and O–H groups in total. The van der Waals surface area contributed by atoms with Crippen LogP contribution in [0.15, 0.2) is 55.1 Å². The van der Waals surface area contributed by atoms with Gasteiger partial charge < -0.3 is 24.0 Å². The van der Waals surface area contributed by atoms with Crippen molar-refractivity contribution in [2.45, 2.75) is 56.3 Å². The average molecular weight is 534 g/mol. The molecule has 2 unspecified atom stereocenters. The minimum absolute atomic E-state index is 0.0815. The van der Waals surface area contributed by atoms with Crippen molar-refractivity contribution in [3.8, 4) is 11.5 Å². The number of alkyl halides is 4. The van der Waals surface area contributed by atoms with Crippen LogP contribution in [0.5, 0.6) is 11.5 Å². The van der Waals surface area contributed by atoms with Crippen molar-refractivity contribution in [3.05, 3.63) is 71.8 Å². The van der Waals surface area contributed by atoms with Crippen LogP contribution in [0.4, 0.5) is 23.2 Å². The van der Waals surface area contributed by atoms with Gasteiger partial charge in [-0.2, -0.15) is 13.2 Å². The Morgan fingerprint density at radius 3 is 2.66 bits per heavy atom. The molecule has 1 aliphatic carbocycles. The number of amides is 1. The number of benzene rings is 2. The first kappa shape index (κ1) is 26.0. The van der Waals surface area contributed by atoms with E-state index < -0.39 is 29.1 Å². The Morgan fingerprint density at radius 2 is 1.97 bits per heavy atom. The van der Waals surface area contributed by atoms with Crippen molar-refractivity contribution < 1.29 is 36.9 Å². The van der Waals surface area contributed by atoms with Gasteiger partial charge in [0.1, 0.15) is 17.6 Å². The number of methoxy groups -OCH3 is 1. The number of imidazole rings is 1. The fraction of sp³-hybridized carbons (Fsp3) is 0.407. The van der Waals surface area contributed by atoms with E-state index in [0.717, 1.165) is 0 Å². The Kier molecular flexibility index (Phi) is 6.37. The molecule has 7 nitrogen and oxygen atoms in total. The molecule has 0 saturated carbocycles. The van der Waals surface area contributed by atoms with Crippen molar-refractivity contribution in [2.24, 2.45) is 0 Å². The maximum atomic E-state index is 15.4. The van der Waals surface area contributed by atoms with Crippen LogP contribution in [0.3, 0.4) is 0 Å². The van der Waals surface area contributed by atoms with Gasteiger partial charge in [0.2, 0.25) is 11.5 Å². The first-order valence-corrected chi connectivity index (χ1v) is 12.2. The number of aliphatic hydroxyl groups is 1. The van der Waals surface area contributed by atoms with Crippen LogP contribution < -0.4 is 14.4 Å². The summed E-state index contributed by atoms with van der Waals surface area (Å²) >= 11 is 0. The van der Waals surface area contributed by atoms with Crippen LogP contribution in [-0.2, 0) is 29.0 Å². The molecule has 5 rings (SSSR count). The zero-order valence-corrected chi connectivity index (χ0v) is 20.8. The number of rotatable bonds is 6. The molecule has 0 fully saturated rings. The summed E-state index contributed by atoms with van der Waals surface area (Å²) in [6, 6.07) is 9.42. The van der Waals surface area contributed by atoms with Gasteiger partial charge in [-0.25, -0.2) is 9.37 Å². The number of hydrogen-bond donors (Lipinski definition) is 1. The van der Waals surface area contributed by atoms with E-state index in [0.29, 0.717) is 42.6 Å². The summed E-state index contributed by atoms with van der Waals surface area (Å²) in [5.41, 5.74) is -6.76. The fourth-order valence-corrected chi connectivity index (χ4v) is 5.26. The summed E-state index contributed by atoms with van der Waals surface area (Å²) in [4.78, 5) is 18.9. The number of halogens is 4. The molecule has 0 radical (unpaired) electrons. The number of aryl methyl sites for hydroxylation is 2. The van der Waals surface area contributed by atoms with Gasteiger partial charge in [-0.1, -0.05) is 6.07 Å². The summed E-state index contributed by atoms with van der Waals surface area (Å²) in [5.74, 6) is 0.799. The van der Waals surface area contributed by atoms with Gasteiger partial charge in [0, 0.05) is 48.2 Å². The average Bonchev–Trinajstić information content (AvgIpc) is 3.34. The van der Waals surface area contributed by atoms with Crippen LogP contribution >= 0.6 is 0 Å². The summed E-state index contributed by atoms with van der Waals surface area (Å²) < 4.78 is 69.9. The number of fused-ring (bicyclic) bond motifs is 2. The number of aromatic nitrogens is 2. The summed E-state index contributed by atoms with van der Waals surface area (Å²) in [6.45, 7) is 1.16. The summed E-state index contributed by atoms with van der Waals surface area (Å²) in [7, 11) is 1.53. The topological polar surface area (TPSA) is 76.8 Å². The number of hydrogen-bond acceptors (Lipinski definition) is 5. The summed E-state index contributed by atoms with van der Waals surface area (Å²) in [6.07, 6.45) is -0.101. The zero-order valence-electron chi connectivity index (χ0n) is 20.8. The van der Waals surface area contributed by atoms with Gasteiger partial charge in [0.05, 0.1) is 20.0 Å². The smallest absolute Gasteiger partial charge is 0.425 e. The number of carbonyl (C=O) groups excluding carboxylic acids is 1. The molecule has 3 aromatic rings. The normalized spacial score (nSPS) is 24.6. The van der Waals surface area contributed by atoms with Gasteiger partial charge in [-0.15, -0.1) is 0 Å². The van der Waals surface area contributed by atoms with Crippen LogP contribution in [0.2, 0.25) is 0 Å².